The van der Waals surface area contributed by atoms with Crippen molar-refractivity contribution in [1.29, 1.82) is 0 Å². The highest BCUT2D eigenvalue weighted by Gasteiger charge is 2.36. The summed E-state index contributed by atoms with van der Waals surface area (Å²) in [6.07, 6.45) is 0. The van der Waals surface area contributed by atoms with Crippen LogP contribution in [0.3, 0.4) is 0 Å². The Kier molecular flexibility index (Phi) is 3.07. The lowest BCUT2D eigenvalue weighted by Gasteiger charge is -2.12. The van der Waals surface area contributed by atoms with Crippen LogP contribution in [0.1, 0.15) is 20.7 Å². The molecular weight excluding hydrogens is 272 g/mol. The number of carbonyl (C=O) groups is 2. The van der Waals surface area contributed by atoms with Gasteiger partial charge in [0, 0.05) is 17.6 Å². The van der Waals surface area contributed by atoms with Crippen molar-refractivity contribution in [3.63, 3.8) is 0 Å². The molecule has 0 radical (unpaired) electrons. The van der Waals surface area contributed by atoms with E-state index in [9.17, 15) is 9.59 Å². The van der Waals surface area contributed by atoms with E-state index in [4.69, 9.17) is 0 Å². The molecule has 2 amide bonds. The molecule has 84 valence electrons. The lowest BCUT2D eigenvalue weighted by atomic mass is 10.1. The van der Waals surface area contributed by atoms with E-state index in [1.807, 2.05) is 0 Å². The summed E-state index contributed by atoms with van der Waals surface area (Å²) in [7, 11) is 1.79. The Morgan fingerprint density at radius 3 is 2.69 bits per heavy atom. The lowest BCUT2D eigenvalue weighted by molar-refractivity contribution is 0.0656. The summed E-state index contributed by atoms with van der Waals surface area (Å²) in [5.74, 6) is -0.431. The molecule has 0 aromatic heterocycles. The summed E-state index contributed by atoms with van der Waals surface area (Å²) >= 11 is 3.30. The average molecular weight is 283 g/mol. The molecule has 16 heavy (non-hydrogen) atoms. The number of benzene rings is 1. The first-order valence-corrected chi connectivity index (χ1v) is 5.75. The van der Waals surface area contributed by atoms with E-state index >= 15 is 0 Å². The van der Waals surface area contributed by atoms with Crippen LogP contribution < -0.4 is 5.32 Å². The Morgan fingerprint density at radius 2 is 2.06 bits per heavy atom. The predicted molar refractivity (Wildman–Crippen MR) is 63.4 cm³/mol. The van der Waals surface area contributed by atoms with Gasteiger partial charge in [-0.3, -0.25) is 14.5 Å². The first-order valence-electron chi connectivity index (χ1n) is 4.96. The molecule has 0 atom stereocenters. The highest BCUT2D eigenvalue weighted by molar-refractivity contribution is 9.10. The van der Waals surface area contributed by atoms with E-state index in [0.29, 0.717) is 28.7 Å². The van der Waals surface area contributed by atoms with E-state index < -0.39 is 0 Å². The largest absolute Gasteiger partial charge is 0.318 e. The predicted octanol–water partition coefficient (Wildman–Crippen LogP) is 1.26. The fourth-order valence-corrected chi connectivity index (χ4v) is 2.25. The normalized spacial score (nSPS) is 14.5. The molecule has 5 heteroatoms. The van der Waals surface area contributed by atoms with Crippen molar-refractivity contribution in [2.75, 3.05) is 20.1 Å². The minimum atomic E-state index is -0.220. The third-order valence-corrected chi connectivity index (χ3v) is 3.19. The maximum Gasteiger partial charge on any atom is 0.262 e. The van der Waals surface area contributed by atoms with Gasteiger partial charge in [0.25, 0.3) is 11.8 Å². The van der Waals surface area contributed by atoms with Crippen molar-refractivity contribution in [3.8, 4) is 0 Å². The van der Waals surface area contributed by atoms with Gasteiger partial charge in [0.05, 0.1) is 11.1 Å². The summed E-state index contributed by atoms with van der Waals surface area (Å²) in [6.45, 7) is 0.998. The fourth-order valence-electron chi connectivity index (χ4n) is 1.72. The number of carbonyl (C=O) groups excluding carboxylic acids is 2. The van der Waals surface area contributed by atoms with Crippen molar-refractivity contribution in [2.45, 2.75) is 0 Å². The van der Waals surface area contributed by atoms with Crippen LogP contribution in [0.25, 0.3) is 0 Å². The van der Waals surface area contributed by atoms with E-state index in [1.54, 1.807) is 25.2 Å². The fraction of sp³-hybridized carbons (Fsp3) is 0.273. The van der Waals surface area contributed by atoms with Crippen LogP contribution in [0.2, 0.25) is 0 Å². The second-order valence-corrected chi connectivity index (χ2v) is 4.38. The number of hydrogen-bond donors (Lipinski definition) is 1. The summed E-state index contributed by atoms with van der Waals surface area (Å²) < 4.78 is 0.676. The number of nitrogens with zero attached hydrogens (tertiary/aromatic N) is 1. The number of rotatable bonds is 3. The Labute approximate surface area is 102 Å². The van der Waals surface area contributed by atoms with Gasteiger partial charge in [0.15, 0.2) is 0 Å². The average Bonchev–Trinajstić information content (AvgIpc) is 2.51. The van der Waals surface area contributed by atoms with Gasteiger partial charge in [-0.05, 0) is 35.1 Å². The number of imide groups is 1. The minimum absolute atomic E-state index is 0.212. The topological polar surface area (TPSA) is 49.4 Å². The third-order valence-electron chi connectivity index (χ3n) is 2.53. The monoisotopic (exact) mass is 282 g/mol. The quantitative estimate of drug-likeness (QED) is 0.850. The first kappa shape index (κ1) is 11.3. The lowest BCUT2D eigenvalue weighted by Crippen LogP contribution is -2.35. The van der Waals surface area contributed by atoms with Crippen molar-refractivity contribution in [2.24, 2.45) is 0 Å². The molecule has 0 aliphatic carbocycles. The number of hydrogen-bond acceptors (Lipinski definition) is 3. The van der Waals surface area contributed by atoms with Crippen LogP contribution in [-0.2, 0) is 0 Å². The standard InChI is InChI=1S/C11H11BrN2O2/c1-13-5-6-14-10(15)7-3-2-4-8(12)9(7)11(14)16/h2-4,13H,5-6H2,1H3. The van der Waals surface area contributed by atoms with Crippen molar-refractivity contribution in [3.05, 3.63) is 33.8 Å². The van der Waals surface area contributed by atoms with Gasteiger partial charge in [0.2, 0.25) is 0 Å². The van der Waals surface area contributed by atoms with Gasteiger partial charge >= 0.3 is 0 Å². The molecule has 0 saturated heterocycles. The Hall–Kier alpha value is -1.20. The van der Waals surface area contributed by atoms with Gasteiger partial charge in [-0.15, -0.1) is 0 Å². The molecular formula is C11H11BrN2O2. The molecule has 0 unspecified atom stereocenters. The Balaban J connectivity index is 2.37. The molecule has 4 nitrogen and oxygen atoms in total. The van der Waals surface area contributed by atoms with Crippen molar-refractivity contribution in [1.82, 2.24) is 10.2 Å². The molecule has 1 N–H and O–H groups in total. The van der Waals surface area contributed by atoms with Gasteiger partial charge < -0.3 is 5.32 Å². The van der Waals surface area contributed by atoms with E-state index in [1.165, 1.54) is 4.90 Å². The summed E-state index contributed by atoms with van der Waals surface area (Å²) in [5, 5.41) is 2.92. The van der Waals surface area contributed by atoms with Crippen LogP contribution in [-0.4, -0.2) is 36.9 Å². The molecule has 0 spiro atoms. The second kappa shape index (κ2) is 4.35. The number of likely N-dealkylation sites (N-methyl/N-ethyl adjacent to an activating group) is 1. The molecule has 1 aliphatic rings. The summed E-state index contributed by atoms with van der Waals surface area (Å²) in [5.41, 5.74) is 0.957. The highest BCUT2D eigenvalue weighted by atomic mass is 79.9. The van der Waals surface area contributed by atoms with Gasteiger partial charge in [0.1, 0.15) is 0 Å². The molecule has 1 heterocycles. The van der Waals surface area contributed by atoms with Crippen molar-refractivity contribution < 1.29 is 9.59 Å². The first-order chi connectivity index (χ1) is 7.66. The third kappa shape index (κ3) is 1.66. The molecule has 0 saturated carbocycles. The van der Waals surface area contributed by atoms with Gasteiger partial charge in [-0.1, -0.05) is 6.07 Å². The maximum absolute atomic E-state index is 12.0. The zero-order chi connectivity index (χ0) is 11.7. The number of halogens is 1. The molecule has 1 aliphatic heterocycles. The van der Waals surface area contributed by atoms with Crippen LogP contribution in [0.5, 0.6) is 0 Å². The molecule has 1 aromatic rings. The van der Waals surface area contributed by atoms with Crippen LogP contribution in [0, 0.1) is 0 Å². The Bertz CT molecular complexity index is 459. The number of amides is 2. The van der Waals surface area contributed by atoms with E-state index in [2.05, 4.69) is 21.2 Å². The maximum atomic E-state index is 12.0. The number of nitrogens with one attached hydrogen (secondary N) is 1. The van der Waals surface area contributed by atoms with E-state index in [0.717, 1.165) is 0 Å². The molecule has 2 rings (SSSR count). The van der Waals surface area contributed by atoms with Gasteiger partial charge in [-0.25, -0.2) is 0 Å². The zero-order valence-electron chi connectivity index (χ0n) is 8.79. The van der Waals surface area contributed by atoms with Crippen LogP contribution in [0.4, 0.5) is 0 Å². The minimum Gasteiger partial charge on any atom is -0.318 e. The zero-order valence-corrected chi connectivity index (χ0v) is 10.4. The van der Waals surface area contributed by atoms with E-state index in [-0.39, 0.29) is 11.8 Å². The molecule has 0 fully saturated rings. The van der Waals surface area contributed by atoms with Gasteiger partial charge in [-0.2, -0.15) is 0 Å². The van der Waals surface area contributed by atoms with Crippen LogP contribution >= 0.6 is 15.9 Å². The number of fused-ring (bicyclic) bond motifs is 1. The highest BCUT2D eigenvalue weighted by Crippen LogP contribution is 2.28. The summed E-state index contributed by atoms with van der Waals surface area (Å²) in [6, 6.07) is 5.21. The smallest absolute Gasteiger partial charge is 0.262 e. The molecule has 1 aromatic carbocycles. The second-order valence-electron chi connectivity index (χ2n) is 3.53. The summed E-state index contributed by atoms with van der Waals surface area (Å²) in [4.78, 5) is 25.2. The SMILES string of the molecule is CNCCN1C(=O)c2cccc(Br)c2C1=O. The van der Waals surface area contributed by atoms with Crippen molar-refractivity contribution >= 4 is 27.7 Å². The molecule has 0 bridgehead atoms. The van der Waals surface area contributed by atoms with Crippen LogP contribution in [0.15, 0.2) is 22.7 Å². The Morgan fingerprint density at radius 1 is 1.31 bits per heavy atom.